The van der Waals surface area contributed by atoms with E-state index in [1.165, 1.54) is 36.7 Å². The highest BCUT2D eigenvalue weighted by Gasteiger charge is 2.31. The first-order valence-electron chi connectivity index (χ1n) is 9.97. The fraction of sp³-hybridized carbons (Fsp3) is 0.227. The van der Waals surface area contributed by atoms with Gasteiger partial charge in [-0.15, -0.1) is 13.2 Å². The molecular weight excluding hydrogens is 480 g/mol. The molecule has 1 amide bonds. The van der Waals surface area contributed by atoms with Gasteiger partial charge in [-0.1, -0.05) is 11.6 Å². The van der Waals surface area contributed by atoms with Gasteiger partial charge in [0, 0.05) is 54.8 Å². The Morgan fingerprint density at radius 1 is 1.18 bits per heavy atom. The number of carbonyl (C=O) groups is 1. The number of ether oxygens (including phenoxy) is 1. The largest absolute Gasteiger partial charge is 0.573 e. The van der Waals surface area contributed by atoms with Crippen LogP contribution in [0.4, 0.5) is 29.1 Å². The summed E-state index contributed by atoms with van der Waals surface area (Å²) in [5.41, 5.74) is 1.14. The lowest BCUT2D eigenvalue weighted by molar-refractivity contribution is -0.274. The van der Waals surface area contributed by atoms with E-state index in [2.05, 4.69) is 20.0 Å². The molecule has 2 aromatic heterocycles. The van der Waals surface area contributed by atoms with Gasteiger partial charge in [0.15, 0.2) is 11.0 Å². The number of aliphatic hydroxyl groups is 1. The first-order chi connectivity index (χ1) is 16.1. The maximum Gasteiger partial charge on any atom is 0.573 e. The van der Waals surface area contributed by atoms with Crippen LogP contribution in [-0.4, -0.2) is 47.0 Å². The monoisotopic (exact) mass is 496 g/mol. The summed E-state index contributed by atoms with van der Waals surface area (Å²) in [5.74, 6) is -1.17. The van der Waals surface area contributed by atoms with Crippen LogP contribution in [0.3, 0.4) is 0 Å². The SMILES string of the molecule is O=C(Nc1ccc(OC(F)(F)F)cc1)c1cnc(N2CC(CO)C2)c(-c2cnc(Cl)c(F)c2)c1. The molecule has 0 bridgehead atoms. The number of benzene rings is 1. The molecule has 3 heterocycles. The summed E-state index contributed by atoms with van der Waals surface area (Å²) in [7, 11) is 0. The van der Waals surface area contributed by atoms with E-state index in [4.69, 9.17) is 11.6 Å². The summed E-state index contributed by atoms with van der Waals surface area (Å²) >= 11 is 5.69. The summed E-state index contributed by atoms with van der Waals surface area (Å²) in [5, 5.41) is 11.6. The topological polar surface area (TPSA) is 87.6 Å². The maximum absolute atomic E-state index is 14.1. The van der Waals surface area contributed by atoms with Crippen LogP contribution < -0.4 is 15.0 Å². The van der Waals surface area contributed by atoms with Gasteiger partial charge in [0.25, 0.3) is 5.91 Å². The van der Waals surface area contributed by atoms with Crippen LogP contribution in [0.2, 0.25) is 5.15 Å². The predicted octanol–water partition coefficient (Wildman–Crippen LogP) is 4.52. The predicted molar refractivity (Wildman–Crippen MR) is 116 cm³/mol. The zero-order chi connectivity index (χ0) is 24.5. The lowest BCUT2D eigenvalue weighted by atomic mass is 9.98. The van der Waals surface area contributed by atoms with Gasteiger partial charge in [-0.3, -0.25) is 4.79 Å². The van der Waals surface area contributed by atoms with Crippen LogP contribution in [0, 0.1) is 11.7 Å². The zero-order valence-electron chi connectivity index (χ0n) is 17.3. The van der Waals surface area contributed by atoms with Gasteiger partial charge >= 0.3 is 6.36 Å². The first kappa shape index (κ1) is 23.7. The van der Waals surface area contributed by atoms with E-state index < -0.39 is 23.8 Å². The van der Waals surface area contributed by atoms with Gasteiger partial charge in [0.05, 0.1) is 5.56 Å². The second-order valence-electron chi connectivity index (χ2n) is 7.57. The quantitative estimate of drug-likeness (QED) is 0.385. The lowest BCUT2D eigenvalue weighted by Crippen LogP contribution is -2.49. The molecule has 178 valence electrons. The minimum Gasteiger partial charge on any atom is -0.406 e. The minimum atomic E-state index is -4.82. The Kier molecular flexibility index (Phi) is 6.58. The van der Waals surface area contributed by atoms with E-state index in [9.17, 15) is 27.5 Å². The van der Waals surface area contributed by atoms with Crippen LogP contribution in [-0.2, 0) is 0 Å². The fourth-order valence-electron chi connectivity index (χ4n) is 3.42. The average Bonchev–Trinajstić information content (AvgIpc) is 2.75. The third kappa shape index (κ3) is 5.37. The number of rotatable bonds is 6. The van der Waals surface area contributed by atoms with Crippen LogP contribution in [0.5, 0.6) is 5.75 Å². The molecule has 1 aromatic carbocycles. The number of aromatic nitrogens is 2. The Morgan fingerprint density at radius 2 is 1.88 bits per heavy atom. The number of alkyl halides is 3. The minimum absolute atomic E-state index is 0.0241. The number of aliphatic hydroxyl groups excluding tert-OH is 1. The van der Waals surface area contributed by atoms with E-state index in [1.807, 2.05) is 4.90 Å². The van der Waals surface area contributed by atoms with Crippen LogP contribution in [0.1, 0.15) is 10.4 Å². The number of nitrogens with one attached hydrogen (secondary N) is 1. The Bertz CT molecular complexity index is 1200. The lowest BCUT2D eigenvalue weighted by Gasteiger charge is -2.40. The number of halogens is 5. The molecule has 7 nitrogen and oxygen atoms in total. The number of carbonyl (C=O) groups excluding carboxylic acids is 1. The second-order valence-corrected chi connectivity index (χ2v) is 7.93. The standard InChI is InChI=1S/C22H17ClF4N4O3/c23-19-18(24)6-13(7-28-19)17-5-14(8-29-20(17)31-9-12(10-31)11-32)21(33)30-15-1-3-16(4-2-15)34-22(25,26)27/h1-8,12,32H,9-11H2,(H,30,33). The Hall–Kier alpha value is -3.44. The number of nitrogens with zero attached hydrogens (tertiary/aromatic N) is 3. The van der Waals surface area contributed by atoms with Crippen molar-refractivity contribution in [2.24, 2.45) is 5.92 Å². The summed E-state index contributed by atoms with van der Waals surface area (Å²) in [6, 6.07) is 7.35. The molecular formula is C22H17ClF4N4O3. The molecule has 12 heteroatoms. The smallest absolute Gasteiger partial charge is 0.406 e. The number of amides is 1. The molecule has 2 N–H and O–H groups in total. The summed E-state index contributed by atoms with van der Waals surface area (Å²) in [6.45, 7) is 1.10. The van der Waals surface area contributed by atoms with Crippen LogP contribution in [0.15, 0.2) is 48.8 Å². The average molecular weight is 497 g/mol. The maximum atomic E-state index is 14.1. The van der Waals surface area contributed by atoms with E-state index in [1.54, 1.807) is 0 Å². The van der Waals surface area contributed by atoms with E-state index >= 15 is 0 Å². The van der Waals surface area contributed by atoms with Crippen molar-refractivity contribution in [1.82, 2.24) is 9.97 Å². The van der Waals surface area contributed by atoms with Crippen molar-refractivity contribution in [3.63, 3.8) is 0 Å². The van der Waals surface area contributed by atoms with Gasteiger partial charge in [-0.25, -0.2) is 14.4 Å². The summed E-state index contributed by atoms with van der Waals surface area (Å²) in [4.78, 5) is 22.8. The van der Waals surface area contributed by atoms with Gasteiger partial charge in [0.1, 0.15) is 11.6 Å². The highest BCUT2D eigenvalue weighted by atomic mass is 35.5. The molecule has 1 fully saturated rings. The molecule has 4 rings (SSSR count). The Balaban J connectivity index is 1.59. The van der Waals surface area contributed by atoms with Crippen molar-refractivity contribution in [3.05, 3.63) is 65.3 Å². The molecule has 0 saturated carbocycles. The molecule has 1 aliphatic rings. The zero-order valence-corrected chi connectivity index (χ0v) is 18.1. The van der Waals surface area contributed by atoms with Crippen molar-refractivity contribution < 1.29 is 32.2 Å². The first-order valence-corrected chi connectivity index (χ1v) is 10.3. The molecule has 0 radical (unpaired) electrons. The molecule has 0 unspecified atom stereocenters. The van der Waals surface area contributed by atoms with Crippen molar-refractivity contribution in [2.75, 3.05) is 29.9 Å². The Labute approximate surface area is 196 Å². The molecule has 1 aliphatic heterocycles. The fourth-order valence-corrected chi connectivity index (χ4v) is 3.52. The van der Waals surface area contributed by atoms with Crippen LogP contribution >= 0.6 is 11.6 Å². The highest BCUT2D eigenvalue weighted by Crippen LogP contribution is 2.34. The number of pyridine rings is 2. The third-order valence-electron chi connectivity index (χ3n) is 5.10. The molecule has 34 heavy (non-hydrogen) atoms. The number of hydrogen-bond donors (Lipinski definition) is 2. The summed E-state index contributed by atoms with van der Waals surface area (Å²) in [6.07, 6.45) is -2.13. The molecule has 3 aromatic rings. The van der Waals surface area contributed by atoms with Gasteiger partial charge in [-0.2, -0.15) is 0 Å². The van der Waals surface area contributed by atoms with Crippen molar-refractivity contribution in [3.8, 4) is 16.9 Å². The molecule has 1 saturated heterocycles. The van der Waals surface area contributed by atoms with Gasteiger partial charge in [0.2, 0.25) is 0 Å². The van der Waals surface area contributed by atoms with E-state index in [0.29, 0.717) is 30.0 Å². The van der Waals surface area contributed by atoms with Crippen molar-refractivity contribution in [2.45, 2.75) is 6.36 Å². The third-order valence-corrected chi connectivity index (χ3v) is 5.37. The van der Waals surface area contributed by atoms with Crippen molar-refractivity contribution >= 4 is 29.0 Å². The normalized spacial score (nSPS) is 14.0. The molecule has 0 aliphatic carbocycles. The van der Waals surface area contributed by atoms with Gasteiger partial charge in [-0.05, 0) is 36.4 Å². The highest BCUT2D eigenvalue weighted by molar-refractivity contribution is 6.29. The van der Waals surface area contributed by atoms with Crippen molar-refractivity contribution in [1.29, 1.82) is 0 Å². The summed E-state index contributed by atoms with van der Waals surface area (Å²) < 4.78 is 54.8. The number of anilines is 2. The van der Waals surface area contributed by atoms with Crippen LogP contribution in [0.25, 0.3) is 11.1 Å². The number of hydrogen-bond acceptors (Lipinski definition) is 6. The van der Waals surface area contributed by atoms with Gasteiger partial charge < -0.3 is 20.1 Å². The second kappa shape index (κ2) is 9.43. The van der Waals surface area contributed by atoms with E-state index in [0.717, 1.165) is 12.1 Å². The molecule has 0 spiro atoms. The Morgan fingerprint density at radius 3 is 2.50 bits per heavy atom. The molecule has 0 atom stereocenters. The van der Waals surface area contributed by atoms with E-state index in [-0.39, 0.29) is 28.9 Å².